The number of aliphatic hydroxyl groups excluding tert-OH is 1. The average Bonchev–Trinajstić information content (AvgIpc) is 2.44. The van der Waals surface area contributed by atoms with Gasteiger partial charge < -0.3 is 14.9 Å². The Morgan fingerprint density at radius 2 is 1.74 bits per heavy atom. The lowest BCUT2D eigenvalue weighted by Gasteiger charge is -2.37. The summed E-state index contributed by atoms with van der Waals surface area (Å²) in [5, 5.41) is 18.8. The van der Waals surface area contributed by atoms with Crippen LogP contribution in [0, 0.1) is 5.82 Å². The molecule has 0 amide bonds. The second-order valence-electron chi connectivity index (χ2n) is 6.25. The molecule has 23 heavy (non-hydrogen) atoms. The molecule has 1 unspecified atom stereocenters. The van der Waals surface area contributed by atoms with E-state index in [2.05, 4.69) is 0 Å². The quantitative estimate of drug-likeness (QED) is 0.782. The minimum Gasteiger partial charge on any atom is -0.496 e. The molecule has 0 aliphatic heterocycles. The standard InChI is InChI=1S/C16H22F4O3/c1-5-10-6-11(17)7-12(13(10)23-4)14(2,3)8-15(22,9-21)16(18,19)20/h6-7,21-22H,5,8-9H2,1-4H3. The van der Waals surface area contributed by atoms with Crippen LogP contribution in [0.5, 0.6) is 5.75 Å². The molecule has 0 fully saturated rings. The highest BCUT2D eigenvalue weighted by Gasteiger charge is 2.56. The van der Waals surface area contributed by atoms with Gasteiger partial charge in [0.2, 0.25) is 0 Å². The number of methoxy groups -OCH3 is 1. The van der Waals surface area contributed by atoms with Crippen LogP contribution in [0.25, 0.3) is 0 Å². The molecule has 0 bridgehead atoms. The molecule has 1 atom stereocenters. The number of aliphatic hydroxyl groups is 2. The first-order valence-corrected chi connectivity index (χ1v) is 7.18. The van der Waals surface area contributed by atoms with Gasteiger partial charge in [-0.25, -0.2) is 4.39 Å². The highest BCUT2D eigenvalue weighted by molar-refractivity contribution is 5.46. The SMILES string of the molecule is CCc1cc(F)cc(C(C)(C)CC(O)(CO)C(F)(F)F)c1OC. The Labute approximate surface area is 132 Å². The largest absolute Gasteiger partial charge is 0.496 e. The lowest BCUT2D eigenvalue weighted by atomic mass is 9.74. The van der Waals surface area contributed by atoms with Gasteiger partial charge in [-0.05, 0) is 36.0 Å². The van der Waals surface area contributed by atoms with Crippen molar-refractivity contribution in [1.29, 1.82) is 0 Å². The van der Waals surface area contributed by atoms with Crippen molar-refractivity contribution in [2.75, 3.05) is 13.7 Å². The number of halogens is 4. The lowest BCUT2D eigenvalue weighted by Crippen LogP contribution is -2.52. The van der Waals surface area contributed by atoms with Crippen molar-refractivity contribution in [1.82, 2.24) is 0 Å². The summed E-state index contributed by atoms with van der Waals surface area (Å²) in [6, 6.07) is 2.37. The van der Waals surface area contributed by atoms with Crippen LogP contribution in [0.15, 0.2) is 12.1 Å². The molecule has 0 saturated carbocycles. The Morgan fingerprint density at radius 1 is 1.17 bits per heavy atom. The summed E-state index contributed by atoms with van der Waals surface area (Å²) in [7, 11) is 1.36. The van der Waals surface area contributed by atoms with Crippen LogP contribution >= 0.6 is 0 Å². The van der Waals surface area contributed by atoms with Gasteiger partial charge in [-0.1, -0.05) is 20.8 Å². The zero-order valence-corrected chi connectivity index (χ0v) is 13.6. The summed E-state index contributed by atoms with van der Waals surface area (Å²) in [6.45, 7) is 3.18. The first-order valence-electron chi connectivity index (χ1n) is 7.18. The maximum Gasteiger partial charge on any atom is 0.419 e. The Balaban J connectivity index is 3.41. The van der Waals surface area contributed by atoms with E-state index in [1.807, 2.05) is 0 Å². The Kier molecular flexibility index (Phi) is 5.70. The Hall–Kier alpha value is -1.34. The molecule has 2 N–H and O–H groups in total. The van der Waals surface area contributed by atoms with Crippen molar-refractivity contribution in [3.8, 4) is 5.75 Å². The van der Waals surface area contributed by atoms with Crippen LogP contribution in [0.4, 0.5) is 17.6 Å². The maximum atomic E-state index is 13.8. The summed E-state index contributed by atoms with van der Waals surface area (Å²) >= 11 is 0. The fourth-order valence-corrected chi connectivity index (χ4v) is 2.73. The Bertz CT molecular complexity index is 555. The summed E-state index contributed by atoms with van der Waals surface area (Å²) in [6.07, 6.45) is -5.40. The number of benzene rings is 1. The molecule has 0 radical (unpaired) electrons. The van der Waals surface area contributed by atoms with Crippen molar-refractivity contribution < 1.29 is 32.5 Å². The fraction of sp³-hybridized carbons (Fsp3) is 0.625. The maximum absolute atomic E-state index is 13.8. The number of aryl methyl sites for hydroxylation is 1. The number of ether oxygens (including phenoxy) is 1. The summed E-state index contributed by atoms with van der Waals surface area (Å²) < 4.78 is 58.2. The molecule has 7 heteroatoms. The van der Waals surface area contributed by atoms with Crippen molar-refractivity contribution in [3.63, 3.8) is 0 Å². The van der Waals surface area contributed by atoms with Gasteiger partial charge in [-0.2, -0.15) is 13.2 Å². The van der Waals surface area contributed by atoms with Crippen LogP contribution in [-0.4, -0.2) is 35.7 Å². The van der Waals surface area contributed by atoms with Crippen molar-refractivity contribution >= 4 is 0 Å². The third kappa shape index (κ3) is 3.95. The summed E-state index contributed by atoms with van der Waals surface area (Å²) in [5.41, 5.74) is -3.83. The smallest absolute Gasteiger partial charge is 0.419 e. The van der Waals surface area contributed by atoms with E-state index in [1.165, 1.54) is 27.0 Å². The third-order valence-electron chi connectivity index (χ3n) is 3.97. The highest BCUT2D eigenvalue weighted by atomic mass is 19.4. The zero-order chi connectivity index (χ0) is 18.1. The van der Waals surface area contributed by atoms with Gasteiger partial charge in [0.25, 0.3) is 0 Å². The van der Waals surface area contributed by atoms with E-state index >= 15 is 0 Å². The second kappa shape index (κ2) is 6.65. The number of rotatable bonds is 6. The van der Waals surface area contributed by atoms with Gasteiger partial charge in [0.1, 0.15) is 11.6 Å². The molecule has 0 spiro atoms. The van der Waals surface area contributed by atoms with Gasteiger partial charge >= 0.3 is 6.18 Å². The van der Waals surface area contributed by atoms with Crippen molar-refractivity contribution in [2.24, 2.45) is 0 Å². The molecule has 3 nitrogen and oxygen atoms in total. The van der Waals surface area contributed by atoms with Gasteiger partial charge in [0.15, 0.2) is 5.60 Å². The molecule has 0 aliphatic rings. The van der Waals surface area contributed by atoms with Gasteiger partial charge in [-0.15, -0.1) is 0 Å². The molecular formula is C16H22F4O3. The van der Waals surface area contributed by atoms with Crippen molar-refractivity contribution in [2.45, 2.75) is 50.8 Å². The van der Waals surface area contributed by atoms with Crippen LogP contribution in [0.3, 0.4) is 0 Å². The molecular weight excluding hydrogens is 316 g/mol. The average molecular weight is 338 g/mol. The number of alkyl halides is 3. The Morgan fingerprint density at radius 3 is 2.13 bits per heavy atom. The molecule has 1 aromatic carbocycles. The molecule has 0 aliphatic carbocycles. The monoisotopic (exact) mass is 338 g/mol. The predicted molar refractivity (Wildman–Crippen MR) is 78.1 cm³/mol. The first kappa shape index (κ1) is 19.7. The number of hydrogen-bond acceptors (Lipinski definition) is 3. The molecule has 0 heterocycles. The van der Waals surface area contributed by atoms with Gasteiger partial charge in [0, 0.05) is 5.56 Å². The van der Waals surface area contributed by atoms with Gasteiger partial charge in [0.05, 0.1) is 13.7 Å². The topological polar surface area (TPSA) is 49.7 Å². The van der Waals surface area contributed by atoms with E-state index in [4.69, 9.17) is 9.84 Å². The van der Waals surface area contributed by atoms with E-state index in [0.717, 1.165) is 6.07 Å². The summed E-state index contributed by atoms with van der Waals surface area (Å²) in [4.78, 5) is 0. The minimum atomic E-state index is -5.01. The molecule has 0 aromatic heterocycles. The molecule has 0 saturated heterocycles. The zero-order valence-electron chi connectivity index (χ0n) is 13.6. The van der Waals surface area contributed by atoms with E-state index in [-0.39, 0.29) is 5.56 Å². The van der Waals surface area contributed by atoms with E-state index < -0.39 is 36.0 Å². The predicted octanol–water partition coefficient (Wildman–Crippen LogP) is 3.35. The van der Waals surface area contributed by atoms with Crippen LogP contribution in [-0.2, 0) is 11.8 Å². The van der Waals surface area contributed by atoms with E-state index in [1.54, 1.807) is 6.92 Å². The minimum absolute atomic E-state index is 0.216. The van der Waals surface area contributed by atoms with Crippen LogP contribution in [0.2, 0.25) is 0 Å². The molecule has 132 valence electrons. The normalized spacial score (nSPS) is 15.4. The highest BCUT2D eigenvalue weighted by Crippen LogP contribution is 2.44. The van der Waals surface area contributed by atoms with E-state index in [0.29, 0.717) is 17.7 Å². The van der Waals surface area contributed by atoms with Crippen molar-refractivity contribution in [3.05, 3.63) is 29.1 Å². The van der Waals surface area contributed by atoms with Crippen LogP contribution in [0.1, 0.15) is 38.3 Å². The fourth-order valence-electron chi connectivity index (χ4n) is 2.73. The summed E-state index contributed by atoms with van der Waals surface area (Å²) in [5.74, 6) is -0.299. The third-order valence-corrected chi connectivity index (χ3v) is 3.97. The second-order valence-corrected chi connectivity index (χ2v) is 6.25. The first-order chi connectivity index (χ1) is 10.4. The van der Waals surface area contributed by atoms with Crippen LogP contribution < -0.4 is 4.74 Å². The lowest BCUT2D eigenvalue weighted by molar-refractivity contribution is -0.277. The molecule has 1 aromatic rings. The van der Waals surface area contributed by atoms with Gasteiger partial charge in [-0.3, -0.25) is 0 Å². The van der Waals surface area contributed by atoms with E-state index in [9.17, 15) is 22.7 Å². The number of hydrogen-bond donors (Lipinski definition) is 2. The molecule has 1 rings (SSSR count).